The van der Waals surface area contributed by atoms with Gasteiger partial charge in [-0.15, -0.1) is 0 Å². The molecule has 0 bridgehead atoms. The van der Waals surface area contributed by atoms with Gasteiger partial charge in [-0.2, -0.15) is 0 Å². The summed E-state index contributed by atoms with van der Waals surface area (Å²) in [4.78, 5) is 2.43. The molecular formula is C12H25NO. The average Bonchev–Trinajstić information content (AvgIpc) is 2.15. The molecule has 14 heavy (non-hydrogen) atoms. The Morgan fingerprint density at radius 3 is 2.57 bits per heavy atom. The van der Waals surface area contributed by atoms with Gasteiger partial charge in [0, 0.05) is 12.6 Å². The lowest BCUT2D eigenvalue weighted by Crippen LogP contribution is -2.46. The lowest BCUT2D eigenvalue weighted by molar-refractivity contribution is 0.0511. The number of aliphatic hydroxyl groups excluding tert-OH is 1. The van der Waals surface area contributed by atoms with Crippen molar-refractivity contribution in [3.8, 4) is 0 Å². The van der Waals surface area contributed by atoms with Crippen LogP contribution in [-0.4, -0.2) is 35.7 Å². The van der Waals surface area contributed by atoms with Gasteiger partial charge in [0.2, 0.25) is 0 Å². The Kier molecular flexibility index (Phi) is 3.96. The van der Waals surface area contributed by atoms with Crippen LogP contribution in [0.1, 0.15) is 40.5 Å². The molecule has 0 spiro atoms. The summed E-state index contributed by atoms with van der Waals surface area (Å²) in [6.45, 7) is 11.7. The van der Waals surface area contributed by atoms with Crippen molar-refractivity contribution in [1.29, 1.82) is 0 Å². The van der Waals surface area contributed by atoms with Gasteiger partial charge in [-0.1, -0.05) is 20.8 Å². The number of hydrogen-bond acceptors (Lipinski definition) is 2. The highest BCUT2D eigenvalue weighted by Crippen LogP contribution is 2.33. The van der Waals surface area contributed by atoms with Crippen LogP contribution in [0.4, 0.5) is 0 Å². The molecule has 0 aromatic heterocycles. The Balaban J connectivity index is 2.52. The number of hydrogen-bond donors (Lipinski definition) is 1. The molecule has 0 unspecified atom stereocenters. The van der Waals surface area contributed by atoms with Crippen LogP contribution in [0.15, 0.2) is 0 Å². The van der Waals surface area contributed by atoms with Crippen LogP contribution < -0.4 is 0 Å². The van der Waals surface area contributed by atoms with E-state index in [2.05, 4.69) is 32.6 Å². The van der Waals surface area contributed by atoms with Crippen LogP contribution in [0, 0.1) is 11.3 Å². The number of nitrogens with zero attached hydrogens (tertiary/aromatic N) is 1. The maximum Gasteiger partial charge on any atom is 0.0584 e. The molecule has 1 heterocycles. The van der Waals surface area contributed by atoms with Gasteiger partial charge >= 0.3 is 0 Å². The molecule has 0 saturated carbocycles. The van der Waals surface area contributed by atoms with E-state index in [0.717, 1.165) is 19.0 Å². The maximum absolute atomic E-state index is 9.13. The number of rotatable bonds is 2. The van der Waals surface area contributed by atoms with E-state index in [0.29, 0.717) is 11.5 Å². The largest absolute Gasteiger partial charge is 0.395 e. The number of likely N-dealkylation sites (tertiary alicyclic amines) is 1. The molecule has 0 aromatic rings. The van der Waals surface area contributed by atoms with E-state index in [9.17, 15) is 0 Å². The van der Waals surface area contributed by atoms with Crippen molar-refractivity contribution in [2.45, 2.75) is 46.6 Å². The van der Waals surface area contributed by atoms with E-state index < -0.39 is 0 Å². The fourth-order valence-corrected chi connectivity index (χ4v) is 2.23. The molecule has 2 nitrogen and oxygen atoms in total. The highest BCUT2D eigenvalue weighted by Gasteiger charge is 2.30. The predicted molar refractivity (Wildman–Crippen MR) is 60.3 cm³/mol. The van der Waals surface area contributed by atoms with Gasteiger partial charge in [-0.3, -0.25) is 4.90 Å². The zero-order valence-electron chi connectivity index (χ0n) is 10.1. The summed E-state index contributed by atoms with van der Waals surface area (Å²) in [5.74, 6) is 0.783. The average molecular weight is 199 g/mol. The molecule has 1 rings (SSSR count). The second-order valence-electron chi connectivity index (χ2n) is 5.73. The van der Waals surface area contributed by atoms with Gasteiger partial charge in [-0.25, -0.2) is 0 Å². The second kappa shape index (κ2) is 4.63. The molecule has 0 aromatic carbocycles. The molecule has 2 atom stereocenters. The molecule has 1 N–H and O–H groups in total. The normalized spacial score (nSPS) is 27.6. The summed E-state index contributed by atoms with van der Waals surface area (Å²) in [5, 5.41) is 9.13. The van der Waals surface area contributed by atoms with Crippen LogP contribution in [0.25, 0.3) is 0 Å². The van der Waals surface area contributed by atoms with E-state index in [1.54, 1.807) is 0 Å². The highest BCUT2D eigenvalue weighted by atomic mass is 16.3. The third-order valence-corrected chi connectivity index (χ3v) is 3.57. The first-order valence-electron chi connectivity index (χ1n) is 5.80. The summed E-state index contributed by atoms with van der Waals surface area (Å²) in [6, 6.07) is 0.333. The molecule has 0 radical (unpaired) electrons. The van der Waals surface area contributed by atoms with Crippen LogP contribution in [-0.2, 0) is 0 Å². The topological polar surface area (TPSA) is 23.5 Å². The predicted octanol–water partition coefficient (Wildman–Crippen LogP) is 2.13. The monoisotopic (exact) mass is 199 g/mol. The first-order chi connectivity index (χ1) is 6.45. The fraction of sp³-hybridized carbons (Fsp3) is 1.00. The zero-order valence-corrected chi connectivity index (χ0v) is 10.1. The quantitative estimate of drug-likeness (QED) is 0.736. The third kappa shape index (κ3) is 2.96. The Labute approximate surface area is 88.3 Å². The fourth-order valence-electron chi connectivity index (χ4n) is 2.23. The van der Waals surface area contributed by atoms with E-state index in [-0.39, 0.29) is 6.61 Å². The van der Waals surface area contributed by atoms with Crippen LogP contribution in [0.3, 0.4) is 0 Å². The standard InChI is InChI=1S/C12H25NO/c1-10(9-14)13-7-5-6-11(8-13)12(2,3)4/h10-11,14H,5-9H2,1-4H3/t10-,11+/m0/s1. The Hall–Kier alpha value is -0.0800. The van der Waals surface area contributed by atoms with E-state index in [1.165, 1.54) is 12.8 Å². The van der Waals surface area contributed by atoms with Crippen molar-refractivity contribution in [2.75, 3.05) is 19.7 Å². The Morgan fingerprint density at radius 1 is 1.43 bits per heavy atom. The summed E-state index contributed by atoms with van der Waals surface area (Å²) in [6.07, 6.45) is 2.63. The minimum atomic E-state index is 0.289. The minimum absolute atomic E-state index is 0.289. The lowest BCUT2D eigenvalue weighted by atomic mass is 9.76. The highest BCUT2D eigenvalue weighted by molar-refractivity contribution is 4.83. The maximum atomic E-state index is 9.13. The summed E-state index contributed by atoms with van der Waals surface area (Å²) >= 11 is 0. The van der Waals surface area contributed by atoms with Crippen molar-refractivity contribution in [3.63, 3.8) is 0 Å². The molecule has 1 fully saturated rings. The van der Waals surface area contributed by atoms with E-state index in [1.807, 2.05) is 0 Å². The Bertz CT molecular complexity index is 174. The molecule has 1 saturated heterocycles. The van der Waals surface area contributed by atoms with Gasteiger partial charge in [0.25, 0.3) is 0 Å². The molecule has 84 valence electrons. The van der Waals surface area contributed by atoms with E-state index >= 15 is 0 Å². The summed E-state index contributed by atoms with van der Waals surface area (Å²) < 4.78 is 0. The number of piperidine rings is 1. The molecule has 1 aliphatic heterocycles. The van der Waals surface area contributed by atoms with E-state index in [4.69, 9.17) is 5.11 Å². The van der Waals surface area contributed by atoms with Crippen molar-refractivity contribution in [3.05, 3.63) is 0 Å². The third-order valence-electron chi connectivity index (χ3n) is 3.57. The molecule has 0 aliphatic carbocycles. The first-order valence-corrected chi connectivity index (χ1v) is 5.80. The van der Waals surface area contributed by atoms with Gasteiger partial charge < -0.3 is 5.11 Å². The van der Waals surface area contributed by atoms with Gasteiger partial charge in [-0.05, 0) is 37.6 Å². The second-order valence-corrected chi connectivity index (χ2v) is 5.73. The number of aliphatic hydroxyl groups is 1. The van der Waals surface area contributed by atoms with Crippen molar-refractivity contribution < 1.29 is 5.11 Å². The van der Waals surface area contributed by atoms with Crippen LogP contribution in [0.5, 0.6) is 0 Å². The molecule has 2 heteroatoms. The van der Waals surface area contributed by atoms with Crippen molar-refractivity contribution in [1.82, 2.24) is 4.90 Å². The van der Waals surface area contributed by atoms with Gasteiger partial charge in [0.05, 0.1) is 6.61 Å². The van der Waals surface area contributed by atoms with Crippen molar-refractivity contribution >= 4 is 0 Å². The van der Waals surface area contributed by atoms with Crippen LogP contribution in [0.2, 0.25) is 0 Å². The Morgan fingerprint density at radius 2 is 2.07 bits per heavy atom. The first kappa shape index (κ1) is 12.0. The van der Waals surface area contributed by atoms with Crippen molar-refractivity contribution in [2.24, 2.45) is 11.3 Å². The smallest absolute Gasteiger partial charge is 0.0584 e. The minimum Gasteiger partial charge on any atom is -0.395 e. The molecular weight excluding hydrogens is 174 g/mol. The lowest BCUT2D eigenvalue weighted by Gasteiger charge is -2.41. The van der Waals surface area contributed by atoms with Gasteiger partial charge in [0.15, 0.2) is 0 Å². The molecule has 0 amide bonds. The van der Waals surface area contributed by atoms with Gasteiger partial charge in [0.1, 0.15) is 0 Å². The molecule has 1 aliphatic rings. The van der Waals surface area contributed by atoms with Crippen LogP contribution >= 0.6 is 0 Å². The summed E-state index contributed by atoms with van der Waals surface area (Å²) in [5.41, 5.74) is 0.411. The zero-order chi connectivity index (χ0) is 10.8. The SMILES string of the molecule is C[C@@H](CO)N1CCC[C@@H](C(C)(C)C)C1. The summed E-state index contributed by atoms with van der Waals surface area (Å²) in [7, 11) is 0.